The Morgan fingerprint density at radius 3 is 2.62 bits per heavy atom. The number of hydrogen-bond donors (Lipinski definition) is 2. The molecule has 0 saturated heterocycles. The summed E-state index contributed by atoms with van der Waals surface area (Å²) in [6, 6.07) is 7.22. The summed E-state index contributed by atoms with van der Waals surface area (Å²) >= 11 is 5.74. The predicted molar refractivity (Wildman–Crippen MR) is 62.2 cm³/mol. The first-order valence-electron chi connectivity index (χ1n) is 5.38. The number of halogens is 1. The topological polar surface area (TPSA) is 49.3 Å². The van der Waals surface area contributed by atoms with Crippen LogP contribution in [0.1, 0.15) is 30.9 Å². The van der Waals surface area contributed by atoms with Crippen molar-refractivity contribution in [3.8, 4) is 0 Å². The molecule has 0 radical (unpaired) electrons. The maximum absolute atomic E-state index is 11.4. The zero-order chi connectivity index (χ0) is 11.5. The minimum absolute atomic E-state index is 0.0926. The second-order valence-corrected chi connectivity index (χ2v) is 4.55. The molecule has 0 spiro atoms. The van der Waals surface area contributed by atoms with E-state index >= 15 is 0 Å². The third-order valence-corrected chi connectivity index (χ3v) is 2.83. The molecule has 16 heavy (non-hydrogen) atoms. The van der Waals surface area contributed by atoms with E-state index in [1.807, 2.05) is 0 Å². The molecule has 1 fully saturated rings. The van der Waals surface area contributed by atoms with Gasteiger partial charge >= 0.3 is 0 Å². The number of aliphatic hydroxyl groups excluding tert-OH is 1. The molecule has 0 heterocycles. The van der Waals surface area contributed by atoms with Gasteiger partial charge in [-0.2, -0.15) is 0 Å². The Balaban J connectivity index is 1.88. The first-order chi connectivity index (χ1) is 7.65. The van der Waals surface area contributed by atoms with Gasteiger partial charge in [0.15, 0.2) is 0 Å². The smallest absolute Gasteiger partial charge is 0.223 e. The predicted octanol–water partition coefficient (Wildman–Crippen LogP) is 2.04. The molecular formula is C12H14ClNO2. The van der Waals surface area contributed by atoms with Crippen molar-refractivity contribution in [3.05, 3.63) is 34.9 Å². The van der Waals surface area contributed by atoms with Crippen LogP contribution in [0.2, 0.25) is 5.02 Å². The van der Waals surface area contributed by atoms with Gasteiger partial charge in [-0.3, -0.25) is 4.79 Å². The summed E-state index contributed by atoms with van der Waals surface area (Å²) in [6.07, 6.45) is 1.47. The molecule has 1 aliphatic carbocycles. The number of rotatable bonds is 4. The van der Waals surface area contributed by atoms with Gasteiger partial charge in [0, 0.05) is 11.1 Å². The molecule has 1 atom stereocenters. The maximum atomic E-state index is 11.4. The Bertz CT molecular complexity index is 373. The van der Waals surface area contributed by atoms with Crippen LogP contribution in [-0.2, 0) is 4.79 Å². The molecule has 1 aromatic rings. The lowest BCUT2D eigenvalue weighted by atomic mass is 10.1. The molecule has 1 aliphatic rings. The quantitative estimate of drug-likeness (QED) is 0.845. The summed E-state index contributed by atoms with van der Waals surface area (Å²) in [5.74, 6) is -0.0926. The van der Waals surface area contributed by atoms with Crippen LogP contribution in [0.15, 0.2) is 24.3 Å². The summed E-state index contributed by atoms with van der Waals surface area (Å²) in [5.41, 5.74) is 0.718. The highest BCUT2D eigenvalue weighted by atomic mass is 35.5. The Kier molecular flexibility index (Phi) is 3.46. The average Bonchev–Trinajstić information content (AvgIpc) is 3.02. The van der Waals surface area contributed by atoms with Crippen molar-refractivity contribution in [3.63, 3.8) is 0 Å². The highest BCUT2D eigenvalue weighted by molar-refractivity contribution is 6.30. The first kappa shape index (κ1) is 11.4. The lowest BCUT2D eigenvalue weighted by molar-refractivity contribution is -0.123. The molecule has 4 heteroatoms. The van der Waals surface area contributed by atoms with Crippen molar-refractivity contribution >= 4 is 17.5 Å². The number of carbonyl (C=O) groups excluding carboxylic acids is 1. The number of nitrogens with one attached hydrogen (secondary N) is 1. The van der Waals surface area contributed by atoms with E-state index in [-0.39, 0.29) is 12.3 Å². The van der Waals surface area contributed by atoms with E-state index in [1.54, 1.807) is 24.3 Å². The summed E-state index contributed by atoms with van der Waals surface area (Å²) < 4.78 is 0. The van der Waals surface area contributed by atoms with E-state index in [9.17, 15) is 9.90 Å². The van der Waals surface area contributed by atoms with Gasteiger partial charge in [-0.1, -0.05) is 23.7 Å². The van der Waals surface area contributed by atoms with Crippen molar-refractivity contribution < 1.29 is 9.90 Å². The van der Waals surface area contributed by atoms with E-state index in [2.05, 4.69) is 5.32 Å². The number of hydrogen-bond acceptors (Lipinski definition) is 2. The fraction of sp³-hybridized carbons (Fsp3) is 0.417. The normalized spacial score (nSPS) is 16.9. The van der Waals surface area contributed by atoms with Crippen LogP contribution in [0.5, 0.6) is 0 Å². The summed E-state index contributed by atoms with van der Waals surface area (Å²) in [5, 5.41) is 13.3. The monoisotopic (exact) mass is 239 g/mol. The van der Waals surface area contributed by atoms with Crippen LogP contribution < -0.4 is 5.32 Å². The fourth-order valence-electron chi connectivity index (χ4n) is 1.49. The van der Waals surface area contributed by atoms with Crippen molar-refractivity contribution in [2.45, 2.75) is 31.4 Å². The molecule has 86 valence electrons. The standard InChI is InChI=1S/C12H14ClNO2/c13-9-3-1-8(2-4-9)11(15)7-12(16)14-10-5-6-10/h1-4,10-11,15H,5-7H2,(H,14,16). The number of benzene rings is 1. The zero-order valence-electron chi connectivity index (χ0n) is 8.82. The molecule has 3 nitrogen and oxygen atoms in total. The van der Waals surface area contributed by atoms with Gasteiger partial charge < -0.3 is 10.4 Å². The van der Waals surface area contributed by atoms with E-state index in [0.717, 1.165) is 18.4 Å². The summed E-state index contributed by atoms with van der Waals surface area (Å²) in [6.45, 7) is 0. The summed E-state index contributed by atoms with van der Waals surface area (Å²) in [7, 11) is 0. The van der Waals surface area contributed by atoms with Gasteiger partial charge in [0.25, 0.3) is 0 Å². The van der Waals surface area contributed by atoms with Crippen molar-refractivity contribution in [2.75, 3.05) is 0 Å². The lowest BCUT2D eigenvalue weighted by Crippen LogP contribution is -2.26. The highest BCUT2D eigenvalue weighted by Crippen LogP contribution is 2.21. The number of carbonyl (C=O) groups is 1. The molecule has 2 rings (SSSR count). The van der Waals surface area contributed by atoms with E-state index in [1.165, 1.54) is 0 Å². The van der Waals surface area contributed by atoms with Crippen molar-refractivity contribution in [1.82, 2.24) is 5.32 Å². The maximum Gasteiger partial charge on any atom is 0.223 e. The molecule has 2 N–H and O–H groups in total. The molecule has 1 saturated carbocycles. The van der Waals surface area contributed by atoms with Crippen molar-refractivity contribution in [1.29, 1.82) is 0 Å². The molecule has 0 aromatic heterocycles. The minimum Gasteiger partial charge on any atom is -0.388 e. The van der Waals surface area contributed by atoms with Gasteiger partial charge in [-0.25, -0.2) is 0 Å². The van der Waals surface area contributed by atoms with Gasteiger partial charge in [-0.15, -0.1) is 0 Å². The largest absolute Gasteiger partial charge is 0.388 e. The Morgan fingerprint density at radius 2 is 2.06 bits per heavy atom. The highest BCUT2D eigenvalue weighted by Gasteiger charge is 2.24. The Morgan fingerprint density at radius 1 is 1.44 bits per heavy atom. The van der Waals surface area contributed by atoms with E-state index in [0.29, 0.717) is 11.1 Å². The van der Waals surface area contributed by atoms with E-state index in [4.69, 9.17) is 11.6 Å². The zero-order valence-corrected chi connectivity index (χ0v) is 9.57. The molecule has 0 bridgehead atoms. The van der Waals surface area contributed by atoms with Crippen molar-refractivity contribution in [2.24, 2.45) is 0 Å². The SMILES string of the molecule is O=C(CC(O)c1ccc(Cl)cc1)NC1CC1. The summed E-state index contributed by atoms with van der Waals surface area (Å²) in [4.78, 5) is 11.4. The van der Waals surface area contributed by atoms with Gasteiger partial charge in [0.05, 0.1) is 12.5 Å². The first-order valence-corrected chi connectivity index (χ1v) is 5.76. The Hall–Kier alpha value is -1.06. The third-order valence-electron chi connectivity index (χ3n) is 2.58. The van der Waals surface area contributed by atoms with Gasteiger partial charge in [-0.05, 0) is 30.5 Å². The van der Waals surface area contributed by atoms with Crippen LogP contribution in [-0.4, -0.2) is 17.1 Å². The Labute approximate surface area is 99.4 Å². The molecule has 1 amide bonds. The second-order valence-electron chi connectivity index (χ2n) is 4.11. The minimum atomic E-state index is -0.754. The van der Waals surface area contributed by atoms with Crippen LogP contribution >= 0.6 is 11.6 Å². The lowest BCUT2D eigenvalue weighted by Gasteiger charge is -2.10. The molecular weight excluding hydrogens is 226 g/mol. The molecule has 0 aliphatic heterocycles. The van der Waals surface area contributed by atoms with Crippen LogP contribution in [0.25, 0.3) is 0 Å². The number of aliphatic hydroxyl groups is 1. The van der Waals surface area contributed by atoms with Gasteiger partial charge in [0.2, 0.25) is 5.91 Å². The number of amides is 1. The average molecular weight is 240 g/mol. The van der Waals surface area contributed by atoms with Gasteiger partial charge in [0.1, 0.15) is 0 Å². The van der Waals surface area contributed by atoms with Crippen LogP contribution in [0, 0.1) is 0 Å². The molecule has 1 aromatic carbocycles. The second kappa shape index (κ2) is 4.85. The fourth-order valence-corrected chi connectivity index (χ4v) is 1.62. The van der Waals surface area contributed by atoms with E-state index < -0.39 is 6.10 Å². The van der Waals surface area contributed by atoms with Crippen LogP contribution in [0.3, 0.4) is 0 Å². The third kappa shape index (κ3) is 3.22. The van der Waals surface area contributed by atoms with Crippen LogP contribution in [0.4, 0.5) is 0 Å². The molecule has 1 unspecified atom stereocenters.